The summed E-state index contributed by atoms with van der Waals surface area (Å²) in [5, 5.41) is 2.83. The number of carbonyl (C=O) groups excluding carboxylic acids is 1. The molecule has 2 aromatic rings. The predicted molar refractivity (Wildman–Crippen MR) is 89.7 cm³/mol. The van der Waals surface area contributed by atoms with Gasteiger partial charge in [-0.15, -0.1) is 0 Å². The van der Waals surface area contributed by atoms with E-state index in [0.29, 0.717) is 6.61 Å². The SMILES string of the molecule is Cc1ccccc1OC[C@@H](C)NC(=O)/C=C/c1ccc(F)cc1. The van der Waals surface area contributed by atoms with Gasteiger partial charge in [0.25, 0.3) is 0 Å². The number of amides is 1. The first-order chi connectivity index (χ1) is 11.0. The number of ether oxygens (including phenoxy) is 1. The molecule has 1 amide bonds. The van der Waals surface area contributed by atoms with Gasteiger partial charge in [-0.1, -0.05) is 30.3 Å². The molecule has 0 bridgehead atoms. The molecule has 4 heteroatoms. The first kappa shape index (κ1) is 16.7. The summed E-state index contributed by atoms with van der Waals surface area (Å²) in [6, 6.07) is 13.6. The van der Waals surface area contributed by atoms with E-state index in [-0.39, 0.29) is 17.8 Å². The fraction of sp³-hybridized carbons (Fsp3) is 0.211. The van der Waals surface area contributed by atoms with Crippen LogP contribution in [0.3, 0.4) is 0 Å². The maximum absolute atomic E-state index is 12.8. The molecule has 0 aliphatic carbocycles. The van der Waals surface area contributed by atoms with E-state index in [0.717, 1.165) is 16.9 Å². The molecule has 0 spiro atoms. The highest BCUT2D eigenvalue weighted by Gasteiger charge is 2.06. The third-order valence-corrected chi connectivity index (χ3v) is 3.27. The van der Waals surface area contributed by atoms with Gasteiger partial charge in [0.1, 0.15) is 18.2 Å². The fourth-order valence-corrected chi connectivity index (χ4v) is 2.01. The van der Waals surface area contributed by atoms with Crippen LogP contribution in [0.4, 0.5) is 4.39 Å². The highest BCUT2D eigenvalue weighted by atomic mass is 19.1. The Bertz CT molecular complexity index is 680. The van der Waals surface area contributed by atoms with Crippen LogP contribution in [-0.4, -0.2) is 18.6 Å². The van der Waals surface area contributed by atoms with Gasteiger partial charge in [-0.25, -0.2) is 4.39 Å². The molecule has 0 aromatic heterocycles. The lowest BCUT2D eigenvalue weighted by atomic mass is 10.2. The van der Waals surface area contributed by atoms with E-state index in [4.69, 9.17) is 4.74 Å². The summed E-state index contributed by atoms with van der Waals surface area (Å²) in [4.78, 5) is 11.8. The number of carbonyl (C=O) groups is 1. The van der Waals surface area contributed by atoms with Crippen LogP contribution >= 0.6 is 0 Å². The van der Waals surface area contributed by atoms with E-state index in [9.17, 15) is 9.18 Å². The molecule has 23 heavy (non-hydrogen) atoms. The molecule has 0 radical (unpaired) electrons. The third-order valence-electron chi connectivity index (χ3n) is 3.27. The predicted octanol–water partition coefficient (Wildman–Crippen LogP) is 3.73. The van der Waals surface area contributed by atoms with Gasteiger partial charge in [-0.2, -0.15) is 0 Å². The van der Waals surface area contributed by atoms with Gasteiger partial charge in [0.2, 0.25) is 5.91 Å². The molecular weight excluding hydrogens is 293 g/mol. The van der Waals surface area contributed by atoms with Crippen molar-refractivity contribution in [3.8, 4) is 5.75 Å². The standard InChI is InChI=1S/C19H20FNO2/c1-14-5-3-4-6-18(14)23-13-15(2)21-19(22)12-9-16-7-10-17(20)11-8-16/h3-12,15H,13H2,1-2H3,(H,21,22)/b12-9+/t15-/m1/s1. The third kappa shape index (κ3) is 5.58. The molecule has 2 aromatic carbocycles. The number of aryl methyl sites for hydroxylation is 1. The quantitative estimate of drug-likeness (QED) is 0.825. The number of halogens is 1. The summed E-state index contributed by atoms with van der Waals surface area (Å²) < 4.78 is 18.5. The first-order valence-corrected chi connectivity index (χ1v) is 7.47. The maximum Gasteiger partial charge on any atom is 0.244 e. The van der Waals surface area contributed by atoms with Gasteiger partial charge in [-0.3, -0.25) is 4.79 Å². The smallest absolute Gasteiger partial charge is 0.244 e. The van der Waals surface area contributed by atoms with Crippen LogP contribution in [0.25, 0.3) is 6.08 Å². The lowest BCUT2D eigenvalue weighted by Crippen LogP contribution is -2.35. The van der Waals surface area contributed by atoms with Crippen LogP contribution in [0.1, 0.15) is 18.1 Å². The van der Waals surface area contributed by atoms with Gasteiger partial charge < -0.3 is 10.1 Å². The van der Waals surface area contributed by atoms with E-state index in [1.807, 2.05) is 38.1 Å². The minimum atomic E-state index is -0.298. The van der Waals surface area contributed by atoms with E-state index < -0.39 is 0 Å². The average molecular weight is 313 g/mol. The Kier molecular flexibility index (Phi) is 5.92. The lowest BCUT2D eigenvalue weighted by Gasteiger charge is -2.15. The van der Waals surface area contributed by atoms with E-state index in [2.05, 4.69) is 5.32 Å². The van der Waals surface area contributed by atoms with E-state index in [1.165, 1.54) is 18.2 Å². The van der Waals surface area contributed by atoms with E-state index in [1.54, 1.807) is 18.2 Å². The molecule has 3 nitrogen and oxygen atoms in total. The van der Waals surface area contributed by atoms with Crippen LogP contribution in [0.2, 0.25) is 0 Å². The van der Waals surface area contributed by atoms with Crippen molar-refractivity contribution in [1.29, 1.82) is 0 Å². The number of hydrogen-bond acceptors (Lipinski definition) is 2. The van der Waals surface area contributed by atoms with E-state index >= 15 is 0 Å². The second kappa shape index (κ2) is 8.13. The second-order valence-electron chi connectivity index (χ2n) is 5.37. The van der Waals surface area contributed by atoms with Gasteiger partial charge in [0, 0.05) is 6.08 Å². The van der Waals surface area contributed by atoms with Gasteiger partial charge in [-0.05, 0) is 49.2 Å². The number of hydrogen-bond donors (Lipinski definition) is 1. The molecule has 1 atom stereocenters. The summed E-state index contributed by atoms with van der Waals surface area (Å²) in [5.74, 6) is 0.305. The van der Waals surface area contributed by atoms with Crippen LogP contribution in [-0.2, 0) is 4.79 Å². The Morgan fingerprint density at radius 2 is 1.91 bits per heavy atom. The fourth-order valence-electron chi connectivity index (χ4n) is 2.01. The van der Waals surface area contributed by atoms with Crippen molar-refractivity contribution in [2.45, 2.75) is 19.9 Å². The molecule has 0 saturated heterocycles. The molecule has 0 heterocycles. The highest BCUT2D eigenvalue weighted by Crippen LogP contribution is 2.16. The molecule has 1 N–H and O–H groups in total. The van der Waals surface area contributed by atoms with Crippen molar-refractivity contribution < 1.29 is 13.9 Å². The summed E-state index contributed by atoms with van der Waals surface area (Å²) in [7, 11) is 0. The molecular formula is C19H20FNO2. The molecule has 120 valence electrons. The summed E-state index contributed by atoms with van der Waals surface area (Å²) in [6.07, 6.45) is 3.07. The lowest BCUT2D eigenvalue weighted by molar-refractivity contribution is -0.117. The Hall–Kier alpha value is -2.62. The zero-order valence-electron chi connectivity index (χ0n) is 13.3. The Morgan fingerprint density at radius 1 is 1.22 bits per heavy atom. The van der Waals surface area contributed by atoms with Crippen molar-refractivity contribution in [2.75, 3.05) is 6.61 Å². The first-order valence-electron chi connectivity index (χ1n) is 7.47. The number of para-hydroxylation sites is 1. The normalized spacial score (nSPS) is 12.1. The number of nitrogens with one attached hydrogen (secondary N) is 1. The largest absolute Gasteiger partial charge is 0.491 e. The number of benzene rings is 2. The van der Waals surface area contributed by atoms with Crippen molar-refractivity contribution >= 4 is 12.0 Å². The molecule has 2 rings (SSSR count). The van der Waals surface area contributed by atoms with Crippen LogP contribution < -0.4 is 10.1 Å². The summed E-state index contributed by atoms with van der Waals surface area (Å²) in [6.45, 7) is 4.24. The molecule has 0 fully saturated rings. The average Bonchev–Trinajstić information content (AvgIpc) is 2.53. The summed E-state index contributed by atoms with van der Waals surface area (Å²) >= 11 is 0. The monoisotopic (exact) mass is 313 g/mol. The Labute approximate surface area is 135 Å². The van der Waals surface area contributed by atoms with Crippen LogP contribution in [0.5, 0.6) is 5.75 Å². The maximum atomic E-state index is 12.8. The number of rotatable bonds is 6. The topological polar surface area (TPSA) is 38.3 Å². The van der Waals surface area contributed by atoms with Crippen molar-refractivity contribution in [1.82, 2.24) is 5.32 Å². The molecule has 0 unspecified atom stereocenters. The molecule has 0 aliphatic rings. The molecule has 0 aliphatic heterocycles. The van der Waals surface area contributed by atoms with Gasteiger partial charge in [0.05, 0.1) is 6.04 Å². The summed E-state index contributed by atoms with van der Waals surface area (Å²) in [5.41, 5.74) is 1.83. The van der Waals surface area contributed by atoms with Gasteiger partial charge >= 0.3 is 0 Å². The van der Waals surface area contributed by atoms with Gasteiger partial charge in [0.15, 0.2) is 0 Å². The Morgan fingerprint density at radius 3 is 2.61 bits per heavy atom. The van der Waals surface area contributed by atoms with Crippen molar-refractivity contribution in [2.24, 2.45) is 0 Å². The minimum Gasteiger partial charge on any atom is -0.491 e. The zero-order chi connectivity index (χ0) is 16.7. The van der Waals surface area contributed by atoms with Crippen molar-refractivity contribution in [3.05, 3.63) is 71.6 Å². The Balaban J connectivity index is 1.80. The van der Waals surface area contributed by atoms with Crippen molar-refractivity contribution in [3.63, 3.8) is 0 Å². The zero-order valence-corrected chi connectivity index (χ0v) is 13.3. The minimum absolute atomic E-state index is 0.125. The highest BCUT2D eigenvalue weighted by molar-refractivity contribution is 5.91. The van der Waals surface area contributed by atoms with Crippen LogP contribution in [0.15, 0.2) is 54.6 Å². The second-order valence-corrected chi connectivity index (χ2v) is 5.37. The molecule has 0 saturated carbocycles. The van der Waals surface area contributed by atoms with Crippen LogP contribution in [0, 0.1) is 12.7 Å².